The molecule has 35 heavy (non-hydrogen) atoms. The van der Waals surface area contributed by atoms with Crippen LogP contribution < -0.4 is 29.6 Å². The minimum Gasteiger partial charge on any atom is -0.493 e. The molecule has 2 amide bonds. The molecule has 1 atom stereocenters. The maximum absolute atomic E-state index is 12.7. The van der Waals surface area contributed by atoms with Gasteiger partial charge in [0.2, 0.25) is 5.91 Å². The van der Waals surface area contributed by atoms with Crippen LogP contribution in [-0.2, 0) is 4.79 Å². The second kappa shape index (κ2) is 11.1. The van der Waals surface area contributed by atoms with Crippen molar-refractivity contribution >= 4 is 35.0 Å². The average molecular weight is 495 g/mol. The number of anilines is 2. The Balaban J connectivity index is 1.38. The molecule has 1 unspecified atom stereocenters. The van der Waals surface area contributed by atoms with Gasteiger partial charge in [0.1, 0.15) is 13.2 Å². The molecule has 1 heterocycles. The van der Waals surface area contributed by atoms with Crippen LogP contribution in [0.2, 0.25) is 0 Å². The van der Waals surface area contributed by atoms with Crippen molar-refractivity contribution in [3.63, 3.8) is 0 Å². The zero-order valence-corrected chi connectivity index (χ0v) is 20.4. The van der Waals surface area contributed by atoms with Crippen molar-refractivity contribution in [2.24, 2.45) is 0 Å². The molecule has 0 spiro atoms. The van der Waals surface area contributed by atoms with E-state index >= 15 is 0 Å². The third kappa shape index (κ3) is 5.99. The molecule has 1 aliphatic heterocycles. The molecule has 0 aliphatic carbocycles. The summed E-state index contributed by atoms with van der Waals surface area (Å²) >= 11 is 1.39. The van der Waals surface area contributed by atoms with Crippen molar-refractivity contribution in [3.05, 3.63) is 66.2 Å². The van der Waals surface area contributed by atoms with E-state index in [2.05, 4.69) is 10.6 Å². The summed E-state index contributed by atoms with van der Waals surface area (Å²) in [5.41, 5.74) is 1.70. The number of carbonyl (C=O) groups is 2. The molecule has 3 aromatic carbocycles. The van der Waals surface area contributed by atoms with Gasteiger partial charge in [-0.1, -0.05) is 6.07 Å². The lowest BCUT2D eigenvalue weighted by molar-refractivity contribution is -0.115. The average Bonchev–Trinajstić information content (AvgIpc) is 2.88. The highest BCUT2D eigenvalue weighted by Crippen LogP contribution is 2.33. The summed E-state index contributed by atoms with van der Waals surface area (Å²) in [5.74, 6) is 1.88. The molecule has 8 nitrogen and oxygen atoms in total. The van der Waals surface area contributed by atoms with Crippen LogP contribution in [0.1, 0.15) is 17.3 Å². The lowest BCUT2D eigenvalue weighted by Crippen LogP contribution is -2.22. The fourth-order valence-electron chi connectivity index (χ4n) is 3.45. The van der Waals surface area contributed by atoms with Crippen molar-refractivity contribution in [2.75, 3.05) is 38.1 Å². The molecule has 2 N–H and O–H groups in total. The third-order valence-electron chi connectivity index (χ3n) is 5.23. The van der Waals surface area contributed by atoms with Gasteiger partial charge in [-0.2, -0.15) is 0 Å². The number of nitrogens with one attached hydrogen (secondary N) is 2. The number of carbonyl (C=O) groups excluding carboxylic acids is 2. The van der Waals surface area contributed by atoms with Crippen LogP contribution in [0.4, 0.5) is 11.4 Å². The number of methoxy groups -OCH3 is 2. The summed E-state index contributed by atoms with van der Waals surface area (Å²) in [7, 11) is 3.06. The SMILES string of the molecule is COc1ccc(C(=O)Nc2cccc(SC(C)C(=O)Nc3ccc4c(c3)OCCO4)c2)cc1OC. The highest BCUT2D eigenvalue weighted by molar-refractivity contribution is 8.00. The first-order valence-corrected chi connectivity index (χ1v) is 11.9. The van der Waals surface area contributed by atoms with Crippen molar-refractivity contribution in [1.29, 1.82) is 0 Å². The Hall–Kier alpha value is -3.85. The fourth-order valence-corrected chi connectivity index (χ4v) is 4.38. The van der Waals surface area contributed by atoms with Crippen LogP contribution in [0.3, 0.4) is 0 Å². The number of hydrogen-bond donors (Lipinski definition) is 2. The van der Waals surface area contributed by atoms with Gasteiger partial charge in [-0.15, -0.1) is 11.8 Å². The molecule has 182 valence electrons. The van der Waals surface area contributed by atoms with Crippen molar-refractivity contribution in [1.82, 2.24) is 0 Å². The van der Waals surface area contributed by atoms with Gasteiger partial charge in [0.25, 0.3) is 5.91 Å². The van der Waals surface area contributed by atoms with Crippen LogP contribution in [-0.4, -0.2) is 44.5 Å². The Labute approximate surface area is 207 Å². The molecular weight excluding hydrogens is 468 g/mol. The molecule has 0 saturated carbocycles. The monoisotopic (exact) mass is 494 g/mol. The van der Waals surface area contributed by atoms with E-state index in [-0.39, 0.29) is 17.1 Å². The molecule has 4 rings (SSSR count). The zero-order chi connectivity index (χ0) is 24.8. The van der Waals surface area contributed by atoms with Crippen molar-refractivity contribution in [2.45, 2.75) is 17.1 Å². The van der Waals surface area contributed by atoms with Crippen molar-refractivity contribution < 1.29 is 28.5 Å². The van der Waals surface area contributed by atoms with E-state index in [4.69, 9.17) is 18.9 Å². The van der Waals surface area contributed by atoms with Gasteiger partial charge in [0.05, 0.1) is 19.5 Å². The van der Waals surface area contributed by atoms with E-state index in [1.807, 2.05) is 25.1 Å². The van der Waals surface area contributed by atoms with Gasteiger partial charge < -0.3 is 29.6 Å². The first-order valence-electron chi connectivity index (χ1n) is 11.0. The van der Waals surface area contributed by atoms with Gasteiger partial charge in [0, 0.05) is 27.9 Å². The summed E-state index contributed by atoms with van der Waals surface area (Å²) in [4.78, 5) is 26.3. The Bertz CT molecular complexity index is 1230. The minimum absolute atomic E-state index is 0.147. The van der Waals surface area contributed by atoms with Crippen LogP contribution in [0.15, 0.2) is 65.6 Å². The Morgan fingerprint density at radius 2 is 1.60 bits per heavy atom. The van der Waals surface area contributed by atoms with Crippen molar-refractivity contribution in [3.8, 4) is 23.0 Å². The Morgan fingerprint density at radius 1 is 0.857 bits per heavy atom. The molecule has 9 heteroatoms. The number of fused-ring (bicyclic) bond motifs is 1. The number of rotatable bonds is 8. The summed E-state index contributed by atoms with van der Waals surface area (Å²) in [6.07, 6.45) is 0. The van der Waals surface area contributed by atoms with Crippen LogP contribution in [0, 0.1) is 0 Å². The predicted molar refractivity (Wildman–Crippen MR) is 135 cm³/mol. The molecule has 3 aromatic rings. The van der Waals surface area contributed by atoms with Gasteiger partial charge in [-0.3, -0.25) is 9.59 Å². The highest BCUT2D eigenvalue weighted by Gasteiger charge is 2.18. The standard InChI is InChI=1S/C26H26N2O6S/c1-16(25(29)27-19-8-10-22-24(15-19)34-12-11-33-22)35-20-6-4-5-18(14-20)28-26(30)17-7-9-21(31-2)23(13-17)32-3/h4-10,13-16H,11-12H2,1-3H3,(H,27,29)(H,28,30). The molecule has 0 saturated heterocycles. The summed E-state index contributed by atoms with van der Waals surface area (Å²) in [6, 6.07) is 17.6. The lowest BCUT2D eigenvalue weighted by Gasteiger charge is -2.19. The summed E-state index contributed by atoms with van der Waals surface area (Å²) in [5, 5.41) is 5.42. The van der Waals surface area contributed by atoms with Crippen LogP contribution >= 0.6 is 11.8 Å². The second-order valence-corrected chi connectivity index (χ2v) is 9.07. The predicted octanol–water partition coefficient (Wildman–Crippen LogP) is 4.85. The smallest absolute Gasteiger partial charge is 0.255 e. The molecule has 1 aliphatic rings. The quantitative estimate of drug-likeness (QED) is 0.433. The number of hydrogen-bond acceptors (Lipinski definition) is 7. The number of amides is 2. The fraction of sp³-hybridized carbons (Fsp3) is 0.231. The Kier molecular flexibility index (Phi) is 7.67. The van der Waals surface area contributed by atoms with E-state index in [1.165, 1.54) is 26.0 Å². The van der Waals surface area contributed by atoms with Gasteiger partial charge in [-0.05, 0) is 55.5 Å². The molecular formula is C26H26N2O6S. The maximum Gasteiger partial charge on any atom is 0.255 e. The van der Waals surface area contributed by atoms with E-state index in [1.54, 1.807) is 42.5 Å². The molecule has 0 bridgehead atoms. The minimum atomic E-state index is -0.375. The first kappa shape index (κ1) is 24.3. The van der Waals surface area contributed by atoms with Crippen LogP contribution in [0.5, 0.6) is 23.0 Å². The Morgan fingerprint density at radius 3 is 2.37 bits per heavy atom. The van der Waals surface area contributed by atoms with E-state index in [0.29, 0.717) is 53.2 Å². The van der Waals surface area contributed by atoms with Gasteiger partial charge in [-0.25, -0.2) is 0 Å². The second-order valence-electron chi connectivity index (χ2n) is 7.66. The van der Waals surface area contributed by atoms with E-state index in [0.717, 1.165) is 4.90 Å². The molecule has 0 aromatic heterocycles. The first-order chi connectivity index (χ1) is 17.0. The molecule has 0 radical (unpaired) electrons. The van der Waals surface area contributed by atoms with E-state index in [9.17, 15) is 9.59 Å². The largest absolute Gasteiger partial charge is 0.493 e. The lowest BCUT2D eigenvalue weighted by atomic mass is 10.2. The summed E-state index contributed by atoms with van der Waals surface area (Å²) in [6.45, 7) is 2.82. The maximum atomic E-state index is 12.7. The third-order valence-corrected chi connectivity index (χ3v) is 6.32. The molecule has 0 fully saturated rings. The van der Waals surface area contributed by atoms with Gasteiger partial charge >= 0.3 is 0 Å². The summed E-state index contributed by atoms with van der Waals surface area (Å²) < 4.78 is 21.6. The highest BCUT2D eigenvalue weighted by atomic mass is 32.2. The topological polar surface area (TPSA) is 95.1 Å². The van der Waals surface area contributed by atoms with E-state index < -0.39 is 0 Å². The number of benzene rings is 3. The number of ether oxygens (including phenoxy) is 4. The van der Waals surface area contributed by atoms with Crippen LogP contribution in [0.25, 0.3) is 0 Å². The zero-order valence-electron chi connectivity index (χ0n) is 19.6. The normalized spacial score (nSPS) is 12.9. The van der Waals surface area contributed by atoms with Gasteiger partial charge in [0.15, 0.2) is 23.0 Å². The number of thioether (sulfide) groups is 1.